The van der Waals surface area contributed by atoms with E-state index in [0.29, 0.717) is 18.4 Å². The maximum Gasteiger partial charge on any atom is 0.317 e. The molecule has 1 aliphatic rings. The first kappa shape index (κ1) is 14.0. The Hall–Kier alpha value is -1.42. The van der Waals surface area contributed by atoms with Crippen LogP contribution in [0.3, 0.4) is 0 Å². The van der Waals surface area contributed by atoms with Gasteiger partial charge in [0.2, 0.25) is 0 Å². The van der Waals surface area contributed by atoms with E-state index in [1.807, 2.05) is 0 Å². The van der Waals surface area contributed by atoms with Gasteiger partial charge in [-0.1, -0.05) is 24.1 Å². The summed E-state index contributed by atoms with van der Waals surface area (Å²) < 4.78 is 13.4. The maximum atomic E-state index is 13.4. The number of carboxylic acid groups (broad SMARTS) is 1. The van der Waals surface area contributed by atoms with Crippen LogP contribution in [0.1, 0.15) is 31.2 Å². The van der Waals surface area contributed by atoms with Gasteiger partial charge in [0.15, 0.2) is 5.78 Å². The minimum absolute atomic E-state index is 0.0110. The quantitative estimate of drug-likeness (QED) is 0.867. The van der Waals surface area contributed by atoms with Crippen molar-refractivity contribution in [3.63, 3.8) is 0 Å². The van der Waals surface area contributed by atoms with Crippen molar-refractivity contribution >= 4 is 23.4 Å². The third-order valence-electron chi connectivity index (χ3n) is 3.69. The normalized spacial score (nSPS) is 23.4. The van der Waals surface area contributed by atoms with Crippen LogP contribution in [0.2, 0.25) is 5.02 Å². The van der Waals surface area contributed by atoms with Gasteiger partial charge < -0.3 is 5.11 Å². The van der Waals surface area contributed by atoms with E-state index in [1.165, 1.54) is 12.1 Å². The van der Waals surface area contributed by atoms with Gasteiger partial charge in [-0.3, -0.25) is 9.59 Å². The highest BCUT2D eigenvalue weighted by atomic mass is 35.5. The van der Waals surface area contributed by atoms with Crippen molar-refractivity contribution in [2.45, 2.75) is 32.1 Å². The standard InChI is InChI=1S/C14H14ClFO3/c15-10-5-4-9(7-11(10)16)8-14(13(18)19)6-2-1-3-12(14)17/h4-5,7H,1-3,6,8H2,(H,18,19). The SMILES string of the molecule is O=C(O)C1(Cc2ccc(Cl)c(F)c2)CCCCC1=O. The molecular weight excluding hydrogens is 271 g/mol. The van der Waals surface area contributed by atoms with Gasteiger partial charge in [0, 0.05) is 6.42 Å². The lowest BCUT2D eigenvalue weighted by Gasteiger charge is -2.31. The predicted octanol–water partition coefficient (Wildman–Crippen LogP) is 3.24. The molecule has 1 aliphatic carbocycles. The Morgan fingerprint density at radius 1 is 1.42 bits per heavy atom. The molecule has 0 amide bonds. The first-order chi connectivity index (χ1) is 8.95. The summed E-state index contributed by atoms with van der Waals surface area (Å²) in [5, 5.41) is 9.39. The highest BCUT2D eigenvalue weighted by Gasteiger charge is 2.46. The van der Waals surface area contributed by atoms with E-state index in [9.17, 15) is 19.1 Å². The molecule has 3 nitrogen and oxygen atoms in total. The number of carbonyl (C=O) groups excluding carboxylic acids is 1. The molecular formula is C14H14ClFO3. The van der Waals surface area contributed by atoms with Crippen LogP contribution in [0.5, 0.6) is 0 Å². The lowest BCUT2D eigenvalue weighted by Crippen LogP contribution is -2.43. The minimum Gasteiger partial charge on any atom is -0.480 e. The van der Waals surface area contributed by atoms with Crippen molar-refractivity contribution in [2.75, 3.05) is 0 Å². The highest BCUT2D eigenvalue weighted by Crippen LogP contribution is 2.37. The number of hydrogen-bond acceptors (Lipinski definition) is 2. The van der Waals surface area contributed by atoms with Crippen LogP contribution >= 0.6 is 11.6 Å². The predicted molar refractivity (Wildman–Crippen MR) is 68.7 cm³/mol. The van der Waals surface area contributed by atoms with Gasteiger partial charge in [0.05, 0.1) is 5.02 Å². The van der Waals surface area contributed by atoms with Crippen molar-refractivity contribution in [3.8, 4) is 0 Å². The number of aliphatic carboxylic acids is 1. The van der Waals surface area contributed by atoms with Gasteiger partial charge in [0.25, 0.3) is 0 Å². The van der Waals surface area contributed by atoms with E-state index in [-0.39, 0.29) is 23.6 Å². The number of hydrogen-bond donors (Lipinski definition) is 1. The molecule has 1 fully saturated rings. The van der Waals surface area contributed by atoms with Crippen LogP contribution in [0, 0.1) is 11.2 Å². The molecule has 102 valence electrons. The first-order valence-corrected chi connectivity index (χ1v) is 6.54. The Morgan fingerprint density at radius 3 is 2.74 bits per heavy atom. The summed E-state index contributed by atoms with van der Waals surface area (Å²) in [6, 6.07) is 4.15. The Kier molecular flexibility index (Phi) is 3.90. The second-order valence-corrected chi connectivity index (χ2v) is 5.35. The lowest BCUT2D eigenvalue weighted by molar-refractivity contribution is -0.157. The monoisotopic (exact) mass is 284 g/mol. The van der Waals surface area contributed by atoms with E-state index in [2.05, 4.69) is 0 Å². The molecule has 0 bridgehead atoms. The Morgan fingerprint density at radius 2 is 2.16 bits per heavy atom. The molecule has 0 saturated heterocycles. The van der Waals surface area contributed by atoms with Crippen LogP contribution in [-0.4, -0.2) is 16.9 Å². The zero-order valence-electron chi connectivity index (χ0n) is 10.3. The molecule has 1 unspecified atom stereocenters. The van der Waals surface area contributed by atoms with Gasteiger partial charge in [0.1, 0.15) is 11.2 Å². The fraction of sp³-hybridized carbons (Fsp3) is 0.429. The zero-order valence-corrected chi connectivity index (χ0v) is 11.0. The lowest BCUT2D eigenvalue weighted by atomic mass is 9.69. The third kappa shape index (κ3) is 2.63. The molecule has 1 atom stereocenters. The van der Waals surface area contributed by atoms with Gasteiger partial charge >= 0.3 is 5.97 Å². The first-order valence-electron chi connectivity index (χ1n) is 6.16. The summed E-state index contributed by atoms with van der Waals surface area (Å²) in [5.41, 5.74) is -0.919. The topological polar surface area (TPSA) is 54.4 Å². The summed E-state index contributed by atoms with van der Waals surface area (Å²) in [6.07, 6.45) is 2.04. The van der Waals surface area contributed by atoms with Crippen LogP contribution < -0.4 is 0 Å². The van der Waals surface area contributed by atoms with Crippen LogP contribution in [-0.2, 0) is 16.0 Å². The molecule has 2 rings (SSSR count). The fourth-order valence-corrected chi connectivity index (χ4v) is 2.70. The molecule has 1 N–H and O–H groups in total. The number of Topliss-reactive ketones (excluding diaryl/α,β-unsaturated/α-hetero) is 1. The summed E-state index contributed by atoms with van der Waals surface area (Å²) in [4.78, 5) is 23.5. The Balaban J connectivity index is 2.33. The van der Waals surface area contributed by atoms with Crippen LogP contribution in [0.4, 0.5) is 4.39 Å². The van der Waals surface area contributed by atoms with E-state index < -0.39 is 17.2 Å². The summed E-state index contributed by atoms with van der Waals surface area (Å²) in [5.74, 6) is -1.97. The average Bonchev–Trinajstić information content (AvgIpc) is 2.36. The smallest absolute Gasteiger partial charge is 0.317 e. The number of halogens is 2. The van der Waals surface area contributed by atoms with Crippen molar-refractivity contribution in [1.82, 2.24) is 0 Å². The second-order valence-electron chi connectivity index (χ2n) is 4.94. The maximum absolute atomic E-state index is 13.4. The second kappa shape index (κ2) is 5.29. The molecule has 1 saturated carbocycles. The number of rotatable bonds is 3. The molecule has 0 radical (unpaired) electrons. The fourth-order valence-electron chi connectivity index (χ4n) is 2.58. The van der Waals surface area contributed by atoms with E-state index in [4.69, 9.17) is 11.6 Å². The largest absolute Gasteiger partial charge is 0.480 e. The minimum atomic E-state index is -1.40. The molecule has 0 spiro atoms. The van der Waals surface area contributed by atoms with E-state index in [1.54, 1.807) is 6.07 Å². The van der Waals surface area contributed by atoms with Crippen molar-refractivity contribution in [1.29, 1.82) is 0 Å². The average molecular weight is 285 g/mol. The Labute approximate surface area is 115 Å². The molecule has 5 heteroatoms. The number of carbonyl (C=O) groups is 2. The number of benzene rings is 1. The molecule has 1 aromatic carbocycles. The van der Waals surface area contributed by atoms with Crippen LogP contribution in [0.15, 0.2) is 18.2 Å². The van der Waals surface area contributed by atoms with Crippen molar-refractivity contribution in [2.24, 2.45) is 5.41 Å². The van der Waals surface area contributed by atoms with E-state index >= 15 is 0 Å². The summed E-state index contributed by atoms with van der Waals surface area (Å²) >= 11 is 5.59. The van der Waals surface area contributed by atoms with Crippen molar-refractivity contribution < 1.29 is 19.1 Å². The molecule has 0 aliphatic heterocycles. The number of carboxylic acids is 1. The zero-order chi connectivity index (χ0) is 14.0. The van der Waals surface area contributed by atoms with Crippen LogP contribution in [0.25, 0.3) is 0 Å². The van der Waals surface area contributed by atoms with E-state index in [0.717, 1.165) is 6.42 Å². The number of ketones is 1. The molecule has 1 aromatic rings. The molecule has 0 aromatic heterocycles. The van der Waals surface area contributed by atoms with Gasteiger partial charge in [-0.05, 0) is 37.0 Å². The summed E-state index contributed by atoms with van der Waals surface area (Å²) in [7, 11) is 0. The van der Waals surface area contributed by atoms with Gasteiger partial charge in [-0.2, -0.15) is 0 Å². The van der Waals surface area contributed by atoms with Gasteiger partial charge in [-0.15, -0.1) is 0 Å². The molecule has 0 heterocycles. The van der Waals surface area contributed by atoms with Gasteiger partial charge in [-0.25, -0.2) is 4.39 Å². The highest BCUT2D eigenvalue weighted by molar-refractivity contribution is 6.30. The van der Waals surface area contributed by atoms with Crippen molar-refractivity contribution in [3.05, 3.63) is 34.6 Å². The Bertz CT molecular complexity index is 529. The third-order valence-corrected chi connectivity index (χ3v) is 4.00. The molecule has 19 heavy (non-hydrogen) atoms. The summed E-state index contributed by atoms with van der Waals surface area (Å²) in [6.45, 7) is 0.